The zero-order valence-electron chi connectivity index (χ0n) is 17.3. The molecule has 32 heavy (non-hydrogen) atoms. The fraction of sp³-hybridized carbons (Fsp3) is 0.0345. The van der Waals surface area contributed by atoms with E-state index in [-0.39, 0.29) is 0 Å². The molecule has 5 aromatic carbocycles. The van der Waals surface area contributed by atoms with E-state index in [0.29, 0.717) is 5.46 Å². The lowest BCUT2D eigenvalue weighted by molar-refractivity contribution is 0.425. The van der Waals surface area contributed by atoms with Crippen molar-refractivity contribution in [2.75, 3.05) is 0 Å². The van der Waals surface area contributed by atoms with Crippen molar-refractivity contribution in [1.82, 2.24) is 0 Å². The maximum atomic E-state index is 10.0. The summed E-state index contributed by atoms with van der Waals surface area (Å²) in [6.45, 7) is 0. The lowest BCUT2D eigenvalue weighted by Crippen LogP contribution is -2.32. The lowest BCUT2D eigenvalue weighted by Gasteiger charge is -2.30. The van der Waals surface area contributed by atoms with Gasteiger partial charge in [-0.05, 0) is 60.7 Å². The summed E-state index contributed by atoms with van der Waals surface area (Å²) >= 11 is 0. The molecular formula is C29H19BO2. The van der Waals surface area contributed by atoms with Gasteiger partial charge in [0.05, 0.1) is 5.41 Å². The Morgan fingerprint density at radius 1 is 0.531 bits per heavy atom. The Hall–Kier alpha value is -3.66. The number of fused-ring (bicyclic) bond motifs is 12. The molecule has 0 saturated heterocycles. The van der Waals surface area contributed by atoms with Crippen molar-refractivity contribution in [3.8, 4) is 22.3 Å². The third kappa shape index (κ3) is 2.03. The van der Waals surface area contributed by atoms with Crippen LogP contribution < -0.4 is 5.46 Å². The minimum Gasteiger partial charge on any atom is -0.423 e. The van der Waals surface area contributed by atoms with E-state index in [4.69, 9.17) is 0 Å². The molecule has 0 amide bonds. The average molecular weight is 410 g/mol. The van der Waals surface area contributed by atoms with Crippen LogP contribution in [0.3, 0.4) is 0 Å². The first-order valence-corrected chi connectivity index (χ1v) is 10.9. The topological polar surface area (TPSA) is 40.5 Å². The molecule has 7 rings (SSSR count). The van der Waals surface area contributed by atoms with Crippen LogP contribution in [0.4, 0.5) is 0 Å². The van der Waals surface area contributed by atoms with E-state index < -0.39 is 12.5 Å². The van der Waals surface area contributed by atoms with Crippen molar-refractivity contribution in [3.05, 3.63) is 125 Å². The van der Waals surface area contributed by atoms with Gasteiger partial charge in [0.25, 0.3) is 0 Å². The van der Waals surface area contributed by atoms with Crippen LogP contribution >= 0.6 is 0 Å². The summed E-state index contributed by atoms with van der Waals surface area (Å²) in [7, 11) is -1.51. The maximum absolute atomic E-state index is 10.0. The van der Waals surface area contributed by atoms with Gasteiger partial charge in [-0.25, -0.2) is 0 Å². The van der Waals surface area contributed by atoms with Crippen LogP contribution in [0.1, 0.15) is 22.3 Å². The van der Waals surface area contributed by atoms with Gasteiger partial charge >= 0.3 is 7.12 Å². The molecule has 0 saturated carbocycles. The summed E-state index contributed by atoms with van der Waals surface area (Å²) < 4.78 is 0. The van der Waals surface area contributed by atoms with Gasteiger partial charge in [0.2, 0.25) is 0 Å². The predicted octanol–water partition coefficient (Wildman–Crippen LogP) is 4.86. The van der Waals surface area contributed by atoms with E-state index in [9.17, 15) is 10.0 Å². The molecule has 0 heterocycles. The first kappa shape index (κ1) is 18.0. The smallest absolute Gasteiger partial charge is 0.423 e. The number of hydrogen-bond acceptors (Lipinski definition) is 2. The van der Waals surface area contributed by atoms with Crippen molar-refractivity contribution in [2.45, 2.75) is 5.41 Å². The first-order valence-electron chi connectivity index (χ1n) is 10.9. The minimum atomic E-state index is -1.51. The molecule has 0 atom stereocenters. The zero-order chi connectivity index (χ0) is 21.4. The van der Waals surface area contributed by atoms with E-state index in [0.717, 1.165) is 11.1 Å². The highest BCUT2D eigenvalue weighted by Gasteiger charge is 2.52. The normalized spacial score (nSPS) is 14.2. The summed E-state index contributed by atoms with van der Waals surface area (Å²) in [6.07, 6.45) is 0. The van der Waals surface area contributed by atoms with Crippen LogP contribution in [0.2, 0.25) is 0 Å². The second kappa shape index (κ2) is 6.20. The summed E-state index contributed by atoms with van der Waals surface area (Å²) in [5.41, 5.74) is 9.79. The van der Waals surface area contributed by atoms with Crippen molar-refractivity contribution >= 4 is 23.4 Å². The fourth-order valence-corrected chi connectivity index (χ4v) is 6.09. The second-order valence-corrected chi connectivity index (χ2v) is 8.73. The standard InChI is InChI=1S/C29H19BO2/c31-30(32)19-14-15-23-27(17-19)29(26-16-13-18-7-1-2-8-20(18)28(23)26)24-11-5-3-9-21(24)22-10-4-6-12-25(22)29/h1-17,31-32H. The Bertz CT molecular complexity index is 1520. The minimum absolute atomic E-state index is 0.479. The van der Waals surface area contributed by atoms with Crippen LogP contribution in [0.15, 0.2) is 103 Å². The predicted molar refractivity (Wildman–Crippen MR) is 130 cm³/mol. The van der Waals surface area contributed by atoms with Gasteiger partial charge < -0.3 is 10.0 Å². The molecule has 0 aliphatic heterocycles. The third-order valence-corrected chi connectivity index (χ3v) is 7.30. The molecule has 1 spiro atoms. The van der Waals surface area contributed by atoms with E-state index in [1.807, 2.05) is 12.1 Å². The average Bonchev–Trinajstić information content (AvgIpc) is 3.31. The van der Waals surface area contributed by atoms with Gasteiger partial charge in [0.1, 0.15) is 0 Å². The molecule has 150 valence electrons. The third-order valence-electron chi connectivity index (χ3n) is 7.30. The number of hydrogen-bond donors (Lipinski definition) is 2. The molecule has 3 heteroatoms. The summed E-state index contributed by atoms with van der Waals surface area (Å²) in [6, 6.07) is 36.2. The molecule has 0 bridgehead atoms. The largest absolute Gasteiger partial charge is 0.488 e. The maximum Gasteiger partial charge on any atom is 0.488 e. The molecular weight excluding hydrogens is 391 g/mol. The van der Waals surface area contributed by atoms with Crippen molar-refractivity contribution < 1.29 is 10.0 Å². The SMILES string of the molecule is OB(O)c1ccc2c(c1)C1(c3ccccc3-c3ccccc31)c1ccc3ccccc3c1-2. The highest BCUT2D eigenvalue weighted by molar-refractivity contribution is 6.58. The molecule has 0 fully saturated rings. The molecule has 2 nitrogen and oxygen atoms in total. The van der Waals surface area contributed by atoms with Crippen LogP contribution in [-0.4, -0.2) is 17.2 Å². The molecule has 2 N–H and O–H groups in total. The van der Waals surface area contributed by atoms with Gasteiger partial charge in [-0.1, -0.05) is 103 Å². The van der Waals surface area contributed by atoms with Gasteiger partial charge in [-0.15, -0.1) is 0 Å². The molecule has 5 aromatic rings. The van der Waals surface area contributed by atoms with E-state index in [2.05, 4.69) is 91.0 Å². The second-order valence-electron chi connectivity index (χ2n) is 8.73. The van der Waals surface area contributed by atoms with Gasteiger partial charge in [-0.3, -0.25) is 0 Å². The van der Waals surface area contributed by atoms with Gasteiger partial charge in [0.15, 0.2) is 0 Å². The quantitative estimate of drug-likeness (QED) is 0.380. The van der Waals surface area contributed by atoms with Crippen LogP contribution in [-0.2, 0) is 5.41 Å². The summed E-state index contributed by atoms with van der Waals surface area (Å²) in [5, 5.41) is 22.5. The Morgan fingerprint density at radius 2 is 1.19 bits per heavy atom. The molecule has 2 aliphatic carbocycles. The Labute approximate surface area is 186 Å². The van der Waals surface area contributed by atoms with E-state index >= 15 is 0 Å². The highest BCUT2D eigenvalue weighted by atomic mass is 16.4. The number of benzene rings is 5. The zero-order valence-corrected chi connectivity index (χ0v) is 17.3. The molecule has 0 aromatic heterocycles. The molecule has 2 aliphatic rings. The molecule has 0 unspecified atom stereocenters. The summed E-state index contributed by atoms with van der Waals surface area (Å²) in [4.78, 5) is 0. The van der Waals surface area contributed by atoms with Gasteiger partial charge in [-0.2, -0.15) is 0 Å². The van der Waals surface area contributed by atoms with Crippen LogP contribution in [0, 0.1) is 0 Å². The van der Waals surface area contributed by atoms with E-state index in [1.165, 1.54) is 44.2 Å². The lowest BCUT2D eigenvalue weighted by atomic mass is 9.68. The highest BCUT2D eigenvalue weighted by Crippen LogP contribution is 2.63. The Balaban J connectivity index is 1.73. The number of rotatable bonds is 1. The van der Waals surface area contributed by atoms with Crippen molar-refractivity contribution in [3.63, 3.8) is 0 Å². The fourth-order valence-electron chi connectivity index (χ4n) is 6.09. The van der Waals surface area contributed by atoms with Crippen molar-refractivity contribution in [2.24, 2.45) is 0 Å². The Morgan fingerprint density at radius 3 is 1.91 bits per heavy atom. The summed E-state index contributed by atoms with van der Waals surface area (Å²) in [5.74, 6) is 0. The van der Waals surface area contributed by atoms with Crippen LogP contribution in [0.5, 0.6) is 0 Å². The first-order chi connectivity index (χ1) is 15.7. The van der Waals surface area contributed by atoms with Crippen molar-refractivity contribution in [1.29, 1.82) is 0 Å². The molecule has 0 radical (unpaired) electrons. The van der Waals surface area contributed by atoms with Crippen LogP contribution in [0.25, 0.3) is 33.0 Å². The van der Waals surface area contributed by atoms with E-state index in [1.54, 1.807) is 0 Å². The van der Waals surface area contributed by atoms with Gasteiger partial charge in [0, 0.05) is 0 Å². The monoisotopic (exact) mass is 410 g/mol. The Kier molecular flexibility index (Phi) is 3.48.